The lowest BCUT2D eigenvalue weighted by Crippen LogP contribution is -2.10. The summed E-state index contributed by atoms with van der Waals surface area (Å²) in [5.41, 5.74) is 4.32. The Balaban J connectivity index is 1.67. The second kappa shape index (κ2) is 9.38. The molecule has 28 heavy (non-hydrogen) atoms. The molecule has 9 heteroatoms. The standard InChI is InChI=1S/C19H16BrClN4O3/c1-27-17-8-13(9-22-24-15-10-23-25-19(26)18(15)21)4-7-16(17)28-11-12-2-5-14(20)6-3-12/h2-10H,11H2,1H3,(H2,24,25,26)/b22-9+. The Labute approximate surface area is 174 Å². The van der Waals surface area contributed by atoms with Gasteiger partial charge in [-0.3, -0.25) is 10.2 Å². The molecule has 0 amide bonds. The smallest absolute Gasteiger partial charge is 0.285 e. The van der Waals surface area contributed by atoms with Crippen LogP contribution in [0.25, 0.3) is 0 Å². The van der Waals surface area contributed by atoms with Crippen molar-refractivity contribution in [2.24, 2.45) is 5.10 Å². The van der Waals surface area contributed by atoms with E-state index in [0.29, 0.717) is 23.8 Å². The number of methoxy groups -OCH3 is 1. The number of aromatic nitrogens is 2. The Kier molecular flexibility index (Phi) is 6.67. The number of rotatable bonds is 7. The van der Waals surface area contributed by atoms with Crippen molar-refractivity contribution in [3.8, 4) is 11.5 Å². The number of hydrazone groups is 1. The Bertz CT molecular complexity index is 1040. The van der Waals surface area contributed by atoms with E-state index >= 15 is 0 Å². The minimum Gasteiger partial charge on any atom is -0.493 e. The van der Waals surface area contributed by atoms with E-state index in [1.54, 1.807) is 25.5 Å². The second-order valence-electron chi connectivity index (χ2n) is 5.62. The molecule has 0 bridgehead atoms. The molecule has 0 aliphatic rings. The van der Waals surface area contributed by atoms with Crippen LogP contribution < -0.4 is 20.5 Å². The van der Waals surface area contributed by atoms with E-state index in [1.807, 2.05) is 30.3 Å². The molecule has 0 fully saturated rings. The molecule has 2 N–H and O–H groups in total. The molecule has 0 atom stereocenters. The Hall–Kier alpha value is -2.84. The van der Waals surface area contributed by atoms with Crippen molar-refractivity contribution >= 4 is 39.4 Å². The average Bonchev–Trinajstić information content (AvgIpc) is 2.71. The van der Waals surface area contributed by atoms with Gasteiger partial charge in [0.15, 0.2) is 11.5 Å². The van der Waals surface area contributed by atoms with Crippen molar-refractivity contribution in [3.63, 3.8) is 0 Å². The quantitative estimate of drug-likeness (QED) is 0.404. The Morgan fingerprint density at radius 3 is 2.79 bits per heavy atom. The molecule has 7 nitrogen and oxygen atoms in total. The van der Waals surface area contributed by atoms with Crippen LogP contribution in [-0.2, 0) is 6.61 Å². The van der Waals surface area contributed by atoms with E-state index in [4.69, 9.17) is 21.1 Å². The summed E-state index contributed by atoms with van der Waals surface area (Å²) >= 11 is 9.29. The van der Waals surface area contributed by atoms with E-state index in [-0.39, 0.29) is 5.02 Å². The Morgan fingerprint density at radius 2 is 2.04 bits per heavy atom. The maximum Gasteiger partial charge on any atom is 0.285 e. The maximum atomic E-state index is 11.4. The zero-order chi connectivity index (χ0) is 19.9. The zero-order valence-electron chi connectivity index (χ0n) is 14.8. The first-order chi connectivity index (χ1) is 13.6. The van der Waals surface area contributed by atoms with Gasteiger partial charge in [0.1, 0.15) is 17.3 Å². The summed E-state index contributed by atoms with van der Waals surface area (Å²) < 4.78 is 12.3. The van der Waals surface area contributed by atoms with Crippen LogP contribution in [0.2, 0.25) is 5.02 Å². The van der Waals surface area contributed by atoms with Crippen LogP contribution in [0.3, 0.4) is 0 Å². The van der Waals surface area contributed by atoms with Crippen LogP contribution in [0.5, 0.6) is 11.5 Å². The molecule has 1 heterocycles. The van der Waals surface area contributed by atoms with Gasteiger partial charge in [0.2, 0.25) is 0 Å². The maximum absolute atomic E-state index is 11.4. The van der Waals surface area contributed by atoms with Crippen molar-refractivity contribution in [2.45, 2.75) is 6.61 Å². The lowest BCUT2D eigenvalue weighted by atomic mass is 10.2. The average molecular weight is 464 g/mol. The minimum absolute atomic E-state index is 0.0126. The Morgan fingerprint density at radius 1 is 1.25 bits per heavy atom. The molecule has 0 unspecified atom stereocenters. The molecule has 1 aromatic heterocycles. The molecule has 0 aliphatic carbocycles. The number of aromatic amines is 1. The number of ether oxygens (including phenoxy) is 2. The van der Waals surface area contributed by atoms with Gasteiger partial charge in [-0.05, 0) is 41.5 Å². The van der Waals surface area contributed by atoms with Gasteiger partial charge < -0.3 is 9.47 Å². The lowest BCUT2D eigenvalue weighted by molar-refractivity contribution is 0.284. The highest BCUT2D eigenvalue weighted by Crippen LogP contribution is 2.28. The normalized spacial score (nSPS) is 10.8. The van der Waals surface area contributed by atoms with E-state index in [0.717, 1.165) is 15.6 Å². The van der Waals surface area contributed by atoms with Gasteiger partial charge in [-0.25, -0.2) is 5.10 Å². The van der Waals surface area contributed by atoms with Gasteiger partial charge in [-0.1, -0.05) is 39.7 Å². The van der Waals surface area contributed by atoms with Gasteiger partial charge in [0.05, 0.1) is 19.5 Å². The van der Waals surface area contributed by atoms with Gasteiger partial charge in [-0.15, -0.1) is 0 Å². The molecule has 144 valence electrons. The third-order valence-electron chi connectivity index (χ3n) is 3.69. The first kappa shape index (κ1) is 19.9. The number of benzene rings is 2. The number of hydrogen-bond donors (Lipinski definition) is 2. The number of halogens is 2. The fraction of sp³-hybridized carbons (Fsp3) is 0.105. The van der Waals surface area contributed by atoms with Crippen molar-refractivity contribution in [1.82, 2.24) is 10.2 Å². The third kappa shape index (κ3) is 5.11. The monoisotopic (exact) mass is 462 g/mol. The molecule has 3 rings (SSSR count). The van der Waals surface area contributed by atoms with E-state index in [2.05, 4.69) is 36.7 Å². The van der Waals surface area contributed by atoms with Crippen LogP contribution in [0, 0.1) is 0 Å². The topological polar surface area (TPSA) is 88.6 Å². The fourth-order valence-corrected chi connectivity index (χ4v) is 2.66. The summed E-state index contributed by atoms with van der Waals surface area (Å²) in [4.78, 5) is 11.4. The zero-order valence-corrected chi connectivity index (χ0v) is 17.1. The lowest BCUT2D eigenvalue weighted by Gasteiger charge is -2.11. The molecule has 0 spiro atoms. The first-order valence-corrected chi connectivity index (χ1v) is 9.31. The minimum atomic E-state index is -0.490. The summed E-state index contributed by atoms with van der Waals surface area (Å²) in [5.74, 6) is 1.20. The van der Waals surface area contributed by atoms with Gasteiger partial charge in [0.25, 0.3) is 5.56 Å². The molecular formula is C19H16BrClN4O3. The number of nitrogens with zero attached hydrogens (tertiary/aromatic N) is 2. The van der Waals surface area contributed by atoms with Gasteiger partial charge in [-0.2, -0.15) is 10.2 Å². The molecule has 3 aromatic rings. The first-order valence-electron chi connectivity index (χ1n) is 8.14. The molecule has 0 saturated heterocycles. The van der Waals surface area contributed by atoms with Crippen molar-refractivity contribution in [3.05, 3.63) is 79.6 Å². The number of nitrogens with one attached hydrogen (secondary N) is 2. The van der Waals surface area contributed by atoms with E-state index < -0.39 is 5.56 Å². The summed E-state index contributed by atoms with van der Waals surface area (Å²) in [6, 6.07) is 13.3. The predicted octanol–water partition coefficient (Wildman–Crippen LogP) is 4.22. The number of anilines is 1. The van der Waals surface area contributed by atoms with Gasteiger partial charge >= 0.3 is 0 Å². The molecular weight excluding hydrogens is 448 g/mol. The summed E-state index contributed by atoms with van der Waals surface area (Å²) in [5, 5.41) is 9.95. The van der Waals surface area contributed by atoms with Crippen LogP contribution >= 0.6 is 27.5 Å². The van der Waals surface area contributed by atoms with Crippen LogP contribution in [-0.4, -0.2) is 23.5 Å². The van der Waals surface area contributed by atoms with Gasteiger partial charge in [0, 0.05) is 4.47 Å². The van der Waals surface area contributed by atoms with Crippen molar-refractivity contribution < 1.29 is 9.47 Å². The molecule has 0 radical (unpaired) electrons. The summed E-state index contributed by atoms with van der Waals surface area (Å²) in [6.07, 6.45) is 2.94. The molecule has 0 saturated carbocycles. The fourth-order valence-electron chi connectivity index (χ4n) is 2.26. The van der Waals surface area contributed by atoms with E-state index in [9.17, 15) is 4.79 Å². The SMILES string of the molecule is COc1cc(/C=N/Nc2cn[nH]c(=O)c2Cl)ccc1OCc1ccc(Br)cc1. The van der Waals surface area contributed by atoms with Crippen molar-refractivity contribution in [2.75, 3.05) is 12.5 Å². The predicted molar refractivity (Wildman–Crippen MR) is 113 cm³/mol. The molecule has 2 aromatic carbocycles. The van der Waals surface area contributed by atoms with Crippen LogP contribution in [0.15, 0.2) is 63.0 Å². The highest BCUT2D eigenvalue weighted by atomic mass is 79.9. The molecule has 0 aliphatic heterocycles. The van der Waals surface area contributed by atoms with Crippen molar-refractivity contribution in [1.29, 1.82) is 0 Å². The summed E-state index contributed by atoms with van der Waals surface area (Å²) in [7, 11) is 1.57. The second-order valence-corrected chi connectivity index (χ2v) is 6.92. The third-order valence-corrected chi connectivity index (χ3v) is 4.59. The number of hydrogen-bond acceptors (Lipinski definition) is 6. The largest absolute Gasteiger partial charge is 0.493 e. The van der Waals surface area contributed by atoms with Crippen LogP contribution in [0.4, 0.5) is 5.69 Å². The van der Waals surface area contributed by atoms with Crippen LogP contribution in [0.1, 0.15) is 11.1 Å². The highest BCUT2D eigenvalue weighted by Gasteiger charge is 2.06. The summed E-state index contributed by atoms with van der Waals surface area (Å²) in [6.45, 7) is 0.423. The van der Waals surface area contributed by atoms with E-state index in [1.165, 1.54) is 6.20 Å². The number of H-pyrrole nitrogens is 1. The highest BCUT2D eigenvalue weighted by molar-refractivity contribution is 9.10.